The van der Waals surface area contributed by atoms with Crippen LogP contribution in [0.1, 0.15) is 21.7 Å². The Hall–Kier alpha value is -4.47. The molecule has 2 heterocycles. The lowest BCUT2D eigenvalue weighted by molar-refractivity contribution is -0.143. The van der Waals surface area contributed by atoms with Crippen LogP contribution in [0.5, 0.6) is 0 Å². The molecule has 2 aromatic heterocycles. The summed E-state index contributed by atoms with van der Waals surface area (Å²) in [6, 6.07) is 11.2. The van der Waals surface area contributed by atoms with E-state index in [-0.39, 0.29) is 21.8 Å². The van der Waals surface area contributed by atoms with Crippen molar-refractivity contribution in [2.24, 2.45) is 0 Å². The predicted molar refractivity (Wildman–Crippen MR) is 121 cm³/mol. The van der Waals surface area contributed by atoms with Crippen LogP contribution >= 0.6 is 0 Å². The Kier molecular flexibility index (Phi) is 6.84. The second-order valence-electron chi connectivity index (χ2n) is 7.52. The number of amides is 1. The number of anilines is 2. The Morgan fingerprint density at radius 2 is 1.58 bits per heavy atom. The minimum absolute atomic E-state index is 0.00816. The minimum Gasteiger partial charge on any atom is -0.322 e. The normalized spacial score (nSPS) is 12.3. The highest BCUT2D eigenvalue weighted by atomic mass is 32.2. The molecule has 4 rings (SSSR count). The van der Waals surface area contributed by atoms with Crippen LogP contribution in [0, 0.1) is 0 Å². The number of aromatic nitrogens is 4. The van der Waals surface area contributed by atoms with Crippen LogP contribution in [-0.4, -0.2) is 34.1 Å². The van der Waals surface area contributed by atoms with Crippen molar-refractivity contribution in [3.05, 3.63) is 90.0 Å². The van der Waals surface area contributed by atoms with Crippen molar-refractivity contribution in [2.45, 2.75) is 17.2 Å². The van der Waals surface area contributed by atoms with E-state index in [2.05, 4.69) is 20.4 Å². The number of alkyl halides is 6. The molecule has 16 heteroatoms. The fraction of sp³-hybridized carbons (Fsp3) is 0.0909. The molecule has 198 valence electrons. The summed E-state index contributed by atoms with van der Waals surface area (Å²) in [7, 11) is -4.38. The van der Waals surface area contributed by atoms with Gasteiger partial charge in [-0.3, -0.25) is 4.79 Å². The highest BCUT2D eigenvalue weighted by Gasteiger charge is 2.35. The Morgan fingerprint density at radius 3 is 2.24 bits per heavy atom. The molecule has 38 heavy (non-hydrogen) atoms. The zero-order chi connectivity index (χ0) is 27.7. The standard InChI is InChI=1S/C22H14F6N6O3S/c23-21(24,25)17-8-10-29-20(32-17)33-38(36,37)16-6-4-14(5-7-16)31-19(35)13-2-1-3-15(12-13)34-18(9-11-30-34)22(26,27)28/h1-12H,(H,31,35)(H,29,32,33). The summed E-state index contributed by atoms with van der Waals surface area (Å²) in [5.41, 5.74) is -2.26. The van der Waals surface area contributed by atoms with Gasteiger partial charge in [-0.25, -0.2) is 27.8 Å². The Morgan fingerprint density at radius 1 is 0.868 bits per heavy atom. The number of nitrogens with zero attached hydrogens (tertiary/aromatic N) is 4. The lowest BCUT2D eigenvalue weighted by atomic mass is 10.1. The third kappa shape index (κ3) is 5.91. The summed E-state index contributed by atoms with van der Waals surface area (Å²) >= 11 is 0. The summed E-state index contributed by atoms with van der Waals surface area (Å²) in [5, 5.41) is 6.13. The Bertz CT molecular complexity index is 1580. The van der Waals surface area contributed by atoms with Crippen molar-refractivity contribution in [3.8, 4) is 5.69 Å². The van der Waals surface area contributed by atoms with E-state index in [1.807, 2.05) is 4.72 Å². The molecule has 0 atom stereocenters. The van der Waals surface area contributed by atoms with E-state index < -0.39 is 45.6 Å². The zero-order valence-electron chi connectivity index (χ0n) is 18.6. The van der Waals surface area contributed by atoms with Crippen molar-refractivity contribution < 1.29 is 39.6 Å². The second kappa shape index (κ2) is 9.77. The topological polar surface area (TPSA) is 119 Å². The number of halogens is 6. The van der Waals surface area contributed by atoms with Crippen molar-refractivity contribution in [3.63, 3.8) is 0 Å². The van der Waals surface area contributed by atoms with E-state index in [1.165, 1.54) is 36.4 Å². The molecule has 0 bridgehead atoms. The van der Waals surface area contributed by atoms with Gasteiger partial charge in [0.25, 0.3) is 15.9 Å². The van der Waals surface area contributed by atoms with Crippen LogP contribution in [-0.2, 0) is 22.4 Å². The van der Waals surface area contributed by atoms with E-state index >= 15 is 0 Å². The average Bonchev–Trinajstić information content (AvgIpc) is 3.35. The fourth-order valence-corrected chi connectivity index (χ4v) is 4.12. The number of hydrogen-bond donors (Lipinski definition) is 2. The zero-order valence-corrected chi connectivity index (χ0v) is 19.4. The summed E-state index contributed by atoms with van der Waals surface area (Å²) in [5.74, 6) is -1.50. The monoisotopic (exact) mass is 556 g/mol. The lowest BCUT2D eigenvalue weighted by Crippen LogP contribution is -2.17. The number of nitrogens with one attached hydrogen (secondary N) is 2. The van der Waals surface area contributed by atoms with Gasteiger partial charge >= 0.3 is 12.4 Å². The van der Waals surface area contributed by atoms with Gasteiger partial charge in [0.05, 0.1) is 16.8 Å². The van der Waals surface area contributed by atoms with Crippen LogP contribution in [0.25, 0.3) is 5.69 Å². The van der Waals surface area contributed by atoms with E-state index in [0.29, 0.717) is 10.7 Å². The molecule has 1 amide bonds. The molecule has 0 radical (unpaired) electrons. The molecule has 0 aliphatic rings. The largest absolute Gasteiger partial charge is 0.433 e. The molecule has 0 aliphatic heterocycles. The molecule has 9 nitrogen and oxygen atoms in total. The lowest BCUT2D eigenvalue weighted by Gasteiger charge is -2.12. The number of carbonyl (C=O) groups excluding carboxylic acids is 1. The van der Waals surface area contributed by atoms with Gasteiger partial charge in [0, 0.05) is 17.4 Å². The number of carbonyl (C=O) groups is 1. The van der Waals surface area contributed by atoms with Crippen molar-refractivity contribution in [1.29, 1.82) is 0 Å². The summed E-state index contributed by atoms with van der Waals surface area (Å²) in [6.07, 6.45) is -7.75. The third-order valence-electron chi connectivity index (χ3n) is 4.88. The molecular formula is C22H14F6N6O3S. The molecular weight excluding hydrogens is 542 g/mol. The van der Waals surface area contributed by atoms with Gasteiger partial charge in [0.15, 0.2) is 0 Å². The minimum atomic E-state index is -4.80. The van der Waals surface area contributed by atoms with E-state index in [0.717, 1.165) is 30.6 Å². The summed E-state index contributed by atoms with van der Waals surface area (Å²) in [6.45, 7) is 0. The number of benzene rings is 2. The van der Waals surface area contributed by atoms with Crippen LogP contribution in [0.2, 0.25) is 0 Å². The summed E-state index contributed by atoms with van der Waals surface area (Å²) in [4.78, 5) is 18.9. The van der Waals surface area contributed by atoms with Gasteiger partial charge in [-0.05, 0) is 54.6 Å². The van der Waals surface area contributed by atoms with Crippen molar-refractivity contribution in [1.82, 2.24) is 19.7 Å². The first-order valence-electron chi connectivity index (χ1n) is 10.3. The van der Waals surface area contributed by atoms with Gasteiger partial charge < -0.3 is 5.32 Å². The second-order valence-corrected chi connectivity index (χ2v) is 9.21. The first-order chi connectivity index (χ1) is 17.7. The molecule has 0 fully saturated rings. The van der Waals surface area contributed by atoms with Gasteiger partial charge in [-0.1, -0.05) is 6.07 Å². The number of hydrogen-bond acceptors (Lipinski definition) is 6. The maximum atomic E-state index is 13.2. The Labute approximate surface area is 210 Å². The molecule has 0 spiro atoms. The van der Waals surface area contributed by atoms with Crippen LogP contribution in [0.4, 0.5) is 38.0 Å². The van der Waals surface area contributed by atoms with Crippen LogP contribution in [0.3, 0.4) is 0 Å². The smallest absolute Gasteiger partial charge is 0.322 e. The fourth-order valence-electron chi connectivity index (χ4n) is 3.17. The molecule has 2 aromatic carbocycles. The first-order valence-corrected chi connectivity index (χ1v) is 11.8. The van der Waals surface area contributed by atoms with Gasteiger partial charge in [-0.2, -0.15) is 31.4 Å². The quantitative estimate of drug-likeness (QED) is 0.331. The molecule has 0 saturated carbocycles. The van der Waals surface area contributed by atoms with Crippen LogP contribution in [0.15, 0.2) is 78.0 Å². The number of sulfonamides is 1. The molecule has 2 N–H and O–H groups in total. The summed E-state index contributed by atoms with van der Waals surface area (Å²) < 4.78 is 105. The molecule has 4 aromatic rings. The molecule has 0 saturated heterocycles. The molecule has 0 aliphatic carbocycles. The van der Waals surface area contributed by atoms with Gasteiger partial charge in [0.1, 0.15) is 11.4 Å². The first kappa shape index (κ1) is 26.6. The van der Waals surface area contributed by atoms with Crippen molar-refractivity contribution in [2.75, 3.05) is 10.0 Å². The third-order valence-corrected chi connectivity index (χ3v) is 6.22. The highest BCUT2D eigenvalue weighted by Crippen LogP contribution is 2.31. The average molecular weight is 556 g/mol. The Balaban J connectivity index is 1.49. The number of rotatable bonds is 6. The maximum absolute atomic E-state index is 13.2. The van der Waals surface area contributed by atoms with Gasteiger partial charge in [-0.15, -0.1) is 0 Å². The van der Waals surface area contributed by atoms with E-state index in [4.69, 9.17) is 0 Å². The van der Waals surface area contributed by atoms with E-state index in [1.54, 1.807) is 0 Å². The van der Waals surface area contributed by atoms with Crippen molar-refractivity contribution >= 4 is 27.6 Å². The van der Waals surface area contributed by atoms with Crippen LogP contribution < -0.4 is 10.0 Å². The maximum Gasteiger partial charge on any atom is 0.433 e. The highest BCUT2D eigenvalue weighted by molar-refractivity contribution is 7.92. The van der Waals surface area contributed by atoms with Gasteiger partial charge in [0.2, 0.25) is 5.95 Å². The SMILES string of the molecule is O=C(Nc1ccc(S(=O)(=O)Nc2nccc(C(F)(F)F)n2)cc1)c1cccc(-n2nccc2C(F)(F)F)c1. The van der Waals surface area contributed by atoms with E-state index in [9.17, 15) is 39.6 Å². The molecule has 0 unspecified atom stereocenters. The predicted octanol–water partition coefficient (Wildman–Crippen LogP) is 4.75.